The van der Waals surface area contributed by atoms with Gasteiger partial charge in [0.05, 0.1) is 6.04 Å². The summed E-state index contributed by atoms with van der Waals surface area (Å²) < 4.78 is 0. The first kappa shape index (κ1) is 18.2. The molecule has 1 amide bonds. The molecule has 2 aromatic rings. The van der Waals surface area contributed by atoms with Gasteiger partial charge in [0.15, 0.2) is 6.04 Å². The minimum atomic E-state index is -0.226. The molecule has 3 N–H and O–H groups in total. The van der Waals surface area contributed by atoms with Crippen LogP contribution in [-0.2, 0) is 4.79 Å². The Kier molecular flexibility index (Phi) is 6.56. The van der Waals surface area contributed by atoms with Crippen molar-refractivity contribution in [3.05, 3.63) is 65.2 Å². The molecule has 0 radical (unpaired) electrons. The summed E-state index contributed by atoms with van der Waals surface area (Å²) in [7, 11) is 0. The van der Waals surface area contributed by atoms with Crippen molar-refractivity contribution in [2.75, 3.05) is 5.32 Å². The number of hydrogen-bond donors (Lipinski definition) is 2. The molecule has 1 atom stereocenters. The highest BCUT2D eigenvalue weighted by molar-refractivity contribution is 5.95. The molecule has 24 heavy (non-hydrogen) atoms. The lowest BCUT2D eigenvalue weighted by molar-refractivity contribution is -0.715. The quantitative estimate of drug-likeness (QED) is 0.800. The first-order chi connectivity index (χ1) is 11.5. The topological polar surface area (TPSA) is 45.7 Å². The summed E-state index contributed by atoms with van der Waals surface area (Å²) in [4.78, 5) is 13.0. The molecule has 2 aromatic carbocycles. The molecule has 0 spiro atoms. The van der Waals surface area contributed by atoms with E-state index in [-0.39, 0.29) is 11.9 Å². The highest BCUT2D eigenvalue weighted by Gasteiger charge is 2.27. The van der Waals surface area contributed by atoms with Crippen LogP contribution in [0.2, 0.25) is 0 Å². The first-order valence-electron chi connectivity index (χ1n) is 8.83. The van der Waals surface area contributed by atoms with Gasteiger partial charge >= 0.3 is 0 Å². The molecular weight excluding hydrogens is 296 g/mol. The molecule has 0 aromatic heterocycles. The van der Waals surface area contributed by atoms with Gasteiger partial charge in [-0.2, -0.15) is 0 Å². The largest absolute Gasteiger partial charge is 0.330 e. The monoisotopic (exact) mass is 325 g/mol. The number of rotatable bonds is 7. The van der Waals surface area contributed by atoms with Gasteiger partial charge in [0.25, 0.3) is 5.91 Å². The van der Waals surface area contributed by atoms with Gasteiger partial charge in [-0.25, -0.2) is 0 Å². The van der Waals surface area contributed by atoms with E-state index >= 15 is 0 Å². The van der Waals surface area contributed by atoms with E-state index in [2.05, 4.69) is 30.5 Å². The van der Waals surface area contributed by atoms with Crippen LogP contribution in [0.5, 0.6) is 0 Å². The lowest BCUT2D eigenvalue weighted by Gasteiger charge is -2.21. The third kappa shape index (κ3) is 4.68. The molecule has 0 unspecified atom stereocenters. The molecule has 0 fully saturated rings. The molecule has 0 saturated heterocycles. The van der Waals surface area contributed by atoms with Gasteiger partial charge in [-0.15, -0.1) is 0 Å². The van der Waals surface area contributed by atoms with Gasteiger partial charge in [-0.3, -0.25) is 4.79 Å². The van der Waals surface area contributed by atoms with E-state index in [1.165, 1.54) is 0 Å². The maximum atomic E-state index is 13.0. The molecule has 0 heterocycles. The van der Waals surface area contributed by atoms with Gasteiger partial charge in [-0.05, 0) is 43.9 Å². The number of hydrogen-bond acceptors (Lipinski definition) is 1. The van der Waals surface area contributed by atoms with Crippen LogP contribution in [0.3, 0.4) is 0 Å². The van der Waals surface area contributed by atoms with Gasteiger partial charge in [0, 0.05) is 11.3 Å². The highest BCUT2D eigenvalue weighted by atomic mass is 16.2. The minimum Gasteiger partial charge on any atom is -0.330 e. The standard InChI is InChI=1S/C21H28N2O/c1-5-18(6-2)22-20(17-10-8-7-9-11-17)21(24)23-19-14-15(3)12-13-16(19)4/h7-14,18,20,22H,5-6H2,1-4H3,(H,23,24)/p+1/t20-/m1/s1. The Morgan fingerprint density at radius 1 is 1.04 bits per heavy atom. The molecule has 128 valence electrons. The van der Waals surface area contributed by atoms with Crippen molar-refractivity contribution in [1.29, 1.82) is 0 Å². The summed E-state index contributed by atoms with van der Waals surface area (Å²) >= 11 is 0. The molecule has 0 aliphatic heterocycles. The Balaban J connectivity index is 2.25. The number of anilines is 1. The molecule has 3 heteroatoms. The summed E-state index contributed by atoms with van der Waals surface area (Å²) in [6.45, 7) is 8.42. The van der Waals surface area contributed by atoms with Crippen molar-refractivity contribution in [3.63, 3.8) is 0 Å². The third-order valence-electron chi connectivity index (χ3n) is 4.61. The summed E-state index contributed by atoms with van der Waals surface area (Å²) in [5.41, 5.74) is 4.19. The lowest BCUT2D eigenvalue weighted by Crippen LogP contribution is -2.92. The number of carbonyl (C=O) groups excluding carboxylic acids is 1. The Morgan fingerprint density at radius 2 is 1.71 bits per heavy atom. The zero-order valence-corrected chi connectivity index (χ0v) is 15.2. The molecular formula is C21H29N2O+. The van der Waals surface area contributed by atoms with Crippen molar-refractivity contribution in [2.45, 2.75) is 52.6 Å². The SMILES string of the molecule is CCC(CC)[NH2+][C@@H](C(=O)Nc1cc(C)ccc1C)c1ccccc1. The van der Waals surface area contributed by atoms with Crippen molar-refractivity contribution >= 4 is 11.6 Å². The van der Waals surface area contributed by atoms with Gasteiger partial charge in [0.1, 0.15) is 0 Å². The van der Waals surface area contributed by atoms with Crippen LogP contribution in [0, 0.1) is 13.8 Å². The Hall–Kier alpha value is -2.13. The Morgan fingerprint density at radius 3 is 2.33 bits per heavy atom. The lowest BCUT2D eigenvalue weighted by atomic mass is 10.0. The predicted molar refractivity (Wildman–Crippen MR) is 100 cm³/mol. The van der Waals surface area contributed by atoms with E-state index in [1.54, 1.807) is 0 Å². The number of nitrogens with one attached hydrogen (secondary N) is 1. The molecule has 0 aliphatic carbocycles. The number of carbonyl (C=O) groups is 1. The number of nitrogens with two attached hydrogens (primary N) is 1. The fourth-order valence-corrected chi connectivity index (χ4v) is 2.92. The average molecular weight is 325 g/mol. The van der Waals surface area contributed by atoms with Crippen LogP contribution < -0.4 is 10.6 Å². The number of quaternary nitrogens is 1. The van der Waals surface area contributed by atoms with Crippen molar-refractivity contribution in [2.24, 2.45) is 0 Å². The molecule has 0 bridgehead atoms. The van der Waals surface area contributed by atoms with E-state index in [0.717, 1.165) is 35.2 Å². The summed E-state index contributed by atoms with van der Waals surface area (Å²) in [6.07, 6.45) is 2.10. The summed E-state index contributed by atoms with van der Waals surface area (Å²) in [6, 6.07) is 16.4. The fourth-order valence-electron chi connectivity index (χ4n) is 2.92. The predicted octanol–water partition coefficient (Wildman–Crippen LogP) is 3.74. The molecule has 3 nitrogen and oxygen atoms in total. The van der Waals surface area contributed by atoms with Crippen molar-refractivity contribution in [3.8, 4) is 0 Å². The second-order valence-corrected chi connectivity index (χ2v) is 6.47. The van der Waals surface area contributed by atoms with E-state index < -0.39 is 0 Å². The van der Waals surface area contributed by atoms with Crippen LogP contribution in [0.4, 0.5) is 5.69 Å². The molecule has 0 saturated carbocycles. The van der Waals surface area contributed by atoms with Gasteiger partial charge in [-0.1, -0.05) is 56.3 Å². The van der Waals surface area contributed by atoms with Crippen LogP contribution in [0.15, 0.2) is 48.5 Å². The van der Waals surface area contributed by atoms with E-state index in [4.69, 9.17) is 0 Å². The van der Waals surface area contributed by atoms with Crippen molar-refractivity contribution < 1.29 is 10.1 Å². The first-order valence-corrected chi connectivity index (χ1v) is 8.83. The zero-order chi connectivity index (χ0) is 17.5. The van der Waals surface area contributed by atoms with Crippen LogP contribution >= 0.6 is 0 Å². The third-order valence-corrected chi connectivity index (χ3v) is 4.61. The van der Waals surface area contributed by atoms with E-state index in [9.17, 15) is 4.79 Å². The van der Waals surface area contributed by atoms with Crippen LogP contribution in [0.25, 0.3) is 0 Å². The number of aryl methyl sites for hydroxylation is 2. The molecule has 0 aliphatic rings. The second-order valence-electron chi connectivity index (χ2n) is 6.47. The highest BCUT2D eigenvalue weighted by Crippen LogP contribution is 2.19. The zero-order valence-electron chi connectivity index (χ0n) is 15.2. The Labute approximate surface area is 145 Å². The van der Waals surface area contributed by atoms with E-state index in [1.807, 2.05) is 56.3 Å². The van der Waals surface area contributed by atoms with Gasteiger partial charge < -0.3 is 10.6 Å². The van der Waals surface area contributed by atoms with Crippen molar-refractivity contribution in [1.82, 2.24) is 0 Å². The summed E-state index contributed by atoms with van der Waals surface area (Å²) in [5.74, 6) is 0.0433. The number of amides is 1. The Bertz CT molecular complexity index is 663. The second kappa shape index (κ2) is 8.65. The average Bonchev–Trinajstić information content (AvgIpc) is 2.60. The van der Waals surface area contributed by atoms with Crippen LogP contribution in [0.1, 0.15) is 49.4 Å². The smallest absolute Gasteiger partial charge is 0.287 e. The minimum absolute atomic E-state index is 0.0433. The van der Waals surface area contributed by atoms with E-state index in [0.29, 0.717) is 6.04 Å². The number of benzene rings is 2. The maximum Gasteiger partial charge on any atom is 0.287 e. The summed E-state index contributed by atoms with van der Waals surface area (Å²) in [5, 5.41) is 5.34. The van der Waals surface area contributed by atoms with Crippen LogP contribution in [-0.4, -0.2) is 11.9 Å². The molecule has 2 rings (SSSR count). The fraction of sp³-hybridized carbons (Fsp3) is 0.381. The van der Waals surface area contributed by atoms with Gasteiger partial charge in [0.2, 0.25) is 0 Å². The maximum absolute atomic E-state index is 13.0. The normalized spacial score (nSPS) is 12.2.